The maximum Gasteiger partial charge on any atom is 0.237 e. The molecule has 1 atom stereocenters. The molecule has 0 bridgehead atoms. The molecule has 1 heterocycles. The number of hydrogen-bond acceptors (Lipinski definition) is 3. The van der Waals surface area contributed by atoms with E-state index in [2.05, 4.69) is 5.32 Å². The van der Waals surface area contributed by atoms with Crippen LogP contribution in [-0.2, 0) is 10.5 Å². The Hall–Kier alpha value is -1.39. The van der Waals surface area contributed by atoms with Gasteiger partial charge in [-0.3, -0.25) is 4.79 Å². The summed E-state index contributed by atoms with van der Waals surface area (Å²) in [6.45, 7) is 3.80. The maximum atomic E-state index is 12.1. The van der Waals surface area contributed by atoms with E-state index in [1.165, 1.54) is 11.8 Å². The van der Waals surface area contributed by atoms with Crippen LogP contribution in [0.5, 0.6) is 0 Å². The number of benzene rings is 1. The van der Waals surface area contributed by atoms with Crippen molar-refractivity contribution in [2.45, 2.75) is 24.9 Å². The monoisotopic (exact) mass is 309 g/mol. The molecular formula is C15H16ClNO2S. The summed E-state index contributed by atoms with van der Waals surface area (Å²) in [7, 11) is 0. The normalized spacial score (nSPS) is 12.2. The summed E-state index contributed by atoms with van der Waals surface area (Å²) in [5, 5.41) is 3.35. The lowest BCUT2D eigenvalue weighted by molar-refractivity contribution is -0.115. The lowest BCUT2D eigenvalue weighted by Gasteiger charge is -2.12. The molecule has 3 nitrogen and oxygen atoms in total. The van der Waals surface area contributed by atoms with Crippen LogP contribution in [0.4, 0.5) is 5.69 Å². The minimum atomic E-state index is -0.167. The highest BCUT2D eigenvalue weighted by atomic mass is 35.5. The van der Waals surface area contributed by atoms with Crippen molar-refractivity contribution in [1.82, 2.24) is 0 Å². The molecule has 0 aliphatic heterocycles. The van der Waals surface area contributed by atoms with Gasteiger partial charge in [0, 0.05) is 10.7 Å². The number of carbonyl (C=O) groups excluding carboxylic acids is 1. The first-order chi connectivity index (χ1) is 9.56. The summed E-state index contributed by atoms with van der Waals surface area (Å²) < 4.78 is 5.24. The summed E-state index contributed by atoms with van der Waals surface area (Å²) in [4.78, 5) is 12.1. The van der Waals surface area contributed by atoms with Crippen LogP contribution in [-0.4, -0.2) is 11.2 Å². The third-order valence-electron chi connectivity index (χ3n) is 2.86. The summed E-state index contributed by atoms with van der Waals surface area (Å²) >= 11 is 7.57. The molecule has 1 N–H and O–H groups in total. The van der Waals surface area contributed by atoms with E-state index in [-0.39, 0.29) is 11.2 Å². The quantitative estimate of drug-likeness (QED) is 0.884. The lowest BCUT2D eigenvalue weighted by Crippen LogP contribution is -2.22. The van der Waals surface area contributed by atoms with Crippen molar-refractivity contribution < 1.29 is 9.21 Å². The van der Waals surface area contributed by atoms with Gasteiger partial charge in [0.05, 0.1) is 17.3 Å². The number of amides is 1. The number of furan rings is 1. The van der Waals surface area contributed by atoms with Crippen molar-refractivity contribution in [1.29, 1.82) is 0 Å². The maximum absolute atomic E-state index is 12.1. The smallest absolute Gasteiger partial charge is 0.237 e. The van der Waals surface area contributed by atoms with Gasteiger partial charge >= 0.3 is 0 Å². The van der Waals surface area contributed by atoms with Gasteiger partial charge in [0.2, 0.25) is 5.91 Å². The van der Waals surface area contributed by atoms with Crippen LogP contribution in [0, 0.1) is 6.92 Å². The largest absolute Gasteiger partial charge is 0.468 e. The van der Waals surface area contributed by atoms with E-state index in [4.69, 9.17) is 16.0 Å². The number of halogens is 1. The molecular weight excluding hydrogens is 294 g/mol. The molecule has 1 unspecified atom stereocenters. The minimum absolute atomic E-state index is 0.0403. The predicted molar refractivity (Wildman–Crippen MR) is 84.3 cm³/mol. The fourth-order valence-corrected chi connectivity index (χ4v) is 2.56. The third-order valence-corrected chi connectivity index (χ3v) is 4.44. The molecule has 1 amide bonds. The van der Waals surface area contributed by atoms with Crippen LogP contribution in [0.25, 0.3) is 0 Å². The molecule has 0 saturated carbocycles. The molecule has 0 fully saturated rings. The highest BCUT2D eigenvalue weighted by molar-refractivity contribution is 7.99. The Morgan fingerprint density at radius 3 is 2.90 bits per heavy atom. The molecule has 20 heavy (non-hydrogen) atoms. The topological polar surface area (TPSA) is 42.2 Å². The van der Waals surface area contributed by atoms with Gasteiger partial charge < -0.3 is 9.73 Å². The van der Waals surface area contributed by atoms with Gasteiger partial charge in [-0.1, -0.05) is 17.7 Å². The van der Waals surface area contributed by atoms with Crippen LogP contribution in [0.1, 0.15) is 18.2 Å². The number of nitrogens with one attached hydrogen (secondary N) is 1. The molecule has 0 radical (unpaired) electrons. The van der Waals surface area contributed by atoms with Crippen LogP contribution >= 0.6 is 23.4 Å². The summed E-state index contributed by atoms with van der Waals surface area (Å²) in [5.74, 6) is 1.51. The predicted octanol–water partition coefficient (Wildman–Crippen LogP) is 4.50. The fourth-order valence-electron chi connectivity index (χ4n) is 1.59. The number of aryl methyl sites for hydroxylation is 1. The molecule has 0 aliphatic rings. The molecule has 2 aromatic rings. The Balaban J connectivity index is 1.88. The zero-order chi connectivity index (χ0) is 14.5. The minimum Gasteiger partial charge on any atom is -0.468 e. The van der Waals surface area contributed by atoms with E-state index in [1.807, 2.05) is 38.1 Å². The Kier molecular flexibility index (Phi) is 5.15. The Bertz CT molecular complexity index is 584. The first kappa shape index (κ1) is 15.0. The highest BCUT2D eigenvalue weighted by Crippen LogP contribution is 2.22. The van der Waals surface area contributed by atoms with Crippen molar-refractivity contribution in [2.75, 3.05) is 5.32 Å². The van der Waals surface area contributed by atoms with Crippen LogP contribution < -0.4 is 5.32 Å². The second-order valence-electron chi connectivity index (χ2n) is 4.49. The van der Waals surface area contributed by atoms with Gasteiger partial charge in [-0.25, -0.2) is 0 Å². The number of carbonyl (C=O) groups is 1. The molecule has 0 saturated heterocycles. The number of rotatable bonds is 5. The van der Waals surface area contributed by atoms with Crippen molar-refractivity contribution in [2.24, 2.45) is 0 Å². The lowest BCUT2D eigenvalue weighted by atomic mass is 10.2. The van der Waals surface area contributed by atoms with Crippen molar-refractivity contribution in [3.63, 3.8) is 0 Å². The van der Waals surface area contributed by atoms with Gasteiger partial charge in [-0.05, 0) is 43.7 Å². The van der Waals surface area contributed by atoms with Gasteiger partial charge in [-0.2, -0.15) is 0 Å². The number of anilines is 1. The highest BCUT2D eigenvalue weighted by Gasteiger charge is 2.14. The van der Waals surface area contributed by atoms with E-state index < -0.39 is 0 Å². The van der Waals surface area contributed by atoms with Gasteiger partial charge in [0.1, 0.15) is 5.76 Å². The van der Waals surface area contributed by atoms with Crippen LogP contribution in [0.2, 0.25) is 5.02 Å². The van der Waals surface area contributed by atoms with E-state index in [0.717, 1.165) is 17.0 Å². The van der Waals surface area contributed by atoms with E-state index in [9.17, 15) is 4.79 Å². The van der Waals surface area contributed by atoms with Gasteiger partial charge in [0.15, 0.2) is 0 Å². The van der Waals surface area contributed by atoms with Crippen molar-refractivity contribution >= 4 is 35.0 Å². The number of thioether (sulfide) groups is 1. The zero-order valence-electron chi connectivity index (χ0n) is 11.4. The van der Waals surface area contributed by atoms with Gasteiger partial charge in [0.25, 0.3) is 0 Å². The fraction of sp³-hybridized carbons (Fsp3) is 0.267. The van der Waals surface area contributed by atoms with E-state index in [0.29, 0.717) is 10.8 Å². The summed E-state index contributed by atoms with van der Waals surface area (Å²) in [6, 6.07) is 9.24. The molecule has 1 aromatic carbocycles. The third kappa shape index (κ3) is 4.05. The molecule has 5 heteroatoms. The van der Waals surface area contributed by atoms with Crippen LogP contribution in [0.3, 0.4) is 0 Å². The van der Waals surface area contributed by atoms with E-state index in [1.54, 1.807) is 12.3 Å². The first-order valence-corrected chi connectivity index (χ1v) is 7.70. The molecule has 2 rings (SSSR count). The standard InChI is InChI=1S/C15H16ClNO2S/c1-10-5-6-12(8-14(10)16)17-15(18)11(2)20-9-13-4-3-7-19-13/h3-8,11H,9H2,1-2H3,(H,17,18). The average Bonchev–Trinajstić information content (AvgIpc) is 2.93. The first-order valence-electron chi connectivity index (χ1n) is 6.27. The van der Waals surface area contributed by atoms with Gasteiger partial charge in [-0.15, -0.1) is 11.8 Å². The Morgan fingerprint density at radius 2 is 2.25 bits per heavy atom. The summed E-state index contributed by atoms with van der Waals surface area (Å²) in [5.41, 5.74) is 1.71. The molecule has 1 aromatic heterocycles. The number of hydrogen-bond donors (Lipinski definition) is 1. The van der Waals surface area contributed by atoms with Crippen molar-refractivity contribution in [3.05, 3.63) is 52.9 Å². The molecule has 0 spiro atoms. The Labute approximate surface area is 127 Å². The second-order valence-corrected chi connectivity index (χ2v) is 6.22. The van der Waals surface area contributed by atoms with E-state index >= 15 is 0 Å². The molecule has 0 aliphatic carbocycles. The average molecular weight is 310 g/mol. The van der Waals surface area contributed by atoms with Crippen molar-refractivity contribution in [3.8, 4) is 0 Å². The van der Waals surface area contributed by atoms with Crippen LogP contribution in [0.15, 0.2) is 41.0 Å². The SMILES string of the molecule is Cc1ccc(NC(=O)C(C)SCc2ccco2)cc1Cl. The molecule has 106 valence electrons. The Morgan fingerprint density at radius 1 is 1.45 bits per heavy atom. The summed E-state index contributed by atoms with van der Waals surface area (Å²) in [6.07, 6.45) is 1.63. The second kappa shape index (κ2) is 6.86. The zero-order valence-corrected chi connectivity index (χ0v) is 12.9.